The van der Waals surface area contributed by atoms with Crippen LogP contribution in [0.15, 0.2) is 95.4 Å². The average Bonchev–Trinajstić information content (AvgIpc) is 1.70. The summed E-state index contributed by atoms with van der Waals surface area (Å²) in [6, 6.07) is 11.4. The molecule has 4 aliphatic heterocycles. The van der Waals surface area contributed by atoms with Crippen molar-refractivity contribution in [3.8, 4) is 51.3 Å². The van der Waals surface area contributed by atoms with Crippen LogP contribution < -0.4 is 76.1 Å². The van der Waals surface area contributed by atoms with Crippen molar-refractivity contribution in [2.24, 2.45) is 11.7 Å². The van der Waals surface area contributed by atoms with E-state index in [-0.39, 0.29) is 77.0 Å². The fourth-order valence-corrected chi connectivity index (χ4v) is 12.6. The van der Waals surface area contributed by atoms with Crippen molar-refractivity contribution in [2.75, 3.05) is 45.9 Å². The molecule has 34 nitrogen and oxygen atoms in total. The van der Waals surface area contributed by atoms with Gasteiger partial charge in [-0.25, -0.2) is 0 Å². The summed E-state index contributed by atoms with van der Waals surface area (Å²) in [6.45, 7) is 8.07. The zero-order valence-electron chi connectivity index (χ0n) is 55.6. The smallest absolute Gasteiger partial charge is 0.691 e. The van der Waals surface area contributed by atoms with Gasteiger partial charge >= 0.3 is 29.6 Å². The van der Waals surface area contributed by atoms with Crippen molar-refractivity contribution >= 4 is 59.6 Å². The number of phenols is 1. The second-order valence-electron chi connectivity index (χ2n) is 25.2. The number of primary amides is 1. The summed E-state index contributed by atoms with van der Waals surface area (Å²) in [5, 5.41) is 124. The fourth-order valence-electron chi connectivity index (χ4n) is 12.4. The number of amides is 8. The van der Waals surface area contributed by atoms with Gasteiger partial charge in [-0.2, -0.15) is 0 Å². The summed E-state index contributed by atoms with van der Waals surface area (Å²) in [6.07, 6.45) is -15.1. The Morgan fingerprint density at radius 1 is 0.733 bits per heavy atom. The van der Waals surface area contributed by atoms with Crippen molar-refractivity contribution in [3.63, 3.8) is 0 Å². The van der Waals surface area contributed by atoms with Crippen molar-refractivity contribution in [2.45, 2.75) is 145 Å². The number of nitrogens with one attached hydrogen (secondary N) is 5. The molecule has 4 aromatic carbocycles. The standard InChI is InChI=1S/C65H81N11O23S.Na/c1-31-27-76-53(54(31)83)61(90)67-26-41(78)23-44(68-57(86)37-8-12-39(13-9-37)63-73-72-62(96-63)38-10-6-35(7-11-38)36-14-17-43(18-15-36)94-21-5-20-74-28-32(2)95-33(3)29-74)58(87)69-50(34(4)77)64(91)75-30-42(79)24-45(75)59(88)71-52(60(89)70-51(65(76)92)47(81)25-49(66)82)56(85)55(84)40-16-19-46(80)48(22-40)97-100-99-98-93;/h6-19,22,31-34,41-42,44-45,47,50-56,77-81,83-85,93H,5,20-21,23-30H2,1-4H3,(H2,66,82)(H,67,90)(H,68,86)(H,69,87)(H,70,89)(H,71,88);/q;+1/p-1/t31?,32-,33+,34?,41?,42?,44?,45?,47?,50?,51?,52?,53?,54?,55?,56?;. The first kappa shape index (κ1) is 78.8. The van der Waals surface area contributed by atoms with Crippen LogP contribution in [-0.4, -0.2) is 244 Å². The van der Waals surface area contributed by atoms with Gasteiger partial charge < -0.3 is 106 Å². The van der Waals surface area contributed by atoms with Crippen LogP contribution in [0.4, 0.5) is 0 Å². The molecule has 15 N–H and O–H groups in total. The van der Waals surface area contributed by atoms with Crippen molar-refractivity contribution in [1.29, 1.82) is 0 Å². The van der Waals surface area contributed by atoms with E-state index in [9.17, 15) is 84.5 Å². The quantitative estimate of drug-likeness (QED) is 0.0107. The number of carbonyl (C=O) groups is 8. The molecule has 1 aromatic heterocycles. The molecule has 8 amide bonds. The number of nitrogens with zero attached hydrogens (tertiary/aromatic N) is 5. The van der Waals surface area contributed by atoms with E-state index in [0.29, 0.717) is 22.6 Å². The molecule has 0 spiro atoms. The number of benzene rings is 4. The maximum absolute atomic E-state index is 14.7. The monoisotopic (exact) mass is 1440 g/mol. The first-order valence-electron chi connectivity index (χ1n) is 32.1. The largest absolute Gasteiger partial charge is 1.00 e. The number of rotatable bonds is 21. The minimum absolute atomic E-state index is 0. The zero-order chi connectivity index (χ0) is 72.2. The number of ether oxygens (including phenoxy) is 2. The van der Waals surface area contributed by atoms with Gasteiger partial charge in [-0.05, 0) is 105 Å². The van der Waals surface area contributed by atoms with Crippen LogP contribution in [0, 0.1) is 5.92 Å². The number of fused-ring (bicyclic) bond motifs is 2. The summed E-state index contributed by atoms with van der Waals surface area (Å²) in [4.78, 5) is 118. The van der Waals surface area contributed by atoms with Crippen LogP contribution in [0.2, 0.25) is 0 Å². The third kappa shape index (κ3) is 20.0. The van der Waals surface area contributed by atoms with Crippen LogP contribution >= 0.6 is 12.3 Å². The average molecular weight is 1440 g/mol. The molecule has 5 heterocycles. The van der Waals surface area contributed by atoms with Crippen molar-refractivity contribution in [3.05, 3.63) is 102 Å². The van der Waals surface area contributed by atoms with E-state index in [0.717, 1.165) is 73.0 Å². The normalized spacial score (nSPS) is 26.3. The summed E-state index contributed by atoms with van der Waals surface area (Å²) in [7, 11) is 0. The number of hydrogen-bond donors (Lipinski definition) is 14. The van der Waals surface area contributed by atoms with Gasteiger partial charge in [0.1, 0.15) is 54.2 Å². The number of nitrogens with two attached hydrogens (primary N) is 1. The predicted octanol–water partition coefficient (Wildman–Crippen LogP) is -5.86. The van der Waals surface area contributed by atoms with Gasteiger partial charge in [-0.1, -0.05) is 37.3 Å². The molecule has 4 fully saturated rings. The third-order valence-corrected chi connectivity index (χ3v) is 17.8. The second-order valence-corrected chi connectivity index (χ2v) is 25.6. The molecule has 0 bridgehead atoms. The van der Waals surface area contributed by atoms with Gasteiger partial charge in [0.05, 0.1) is 55.8 Å². The summed E-state index contributed by atoms with van der Waals surface area (Å²) in [5.41, 5.74) is 7.82. The zero-order valence-corrected chi connectivity index (χ0v) is 58.4. The number of carbonyl (C=O) groups excluding carboxylic acids is 8. The number of β-amino-alcohol motifs (C(OH)–C–C–N with tert-alkyl or cyclic N) is 1. The van der Waals surface area contributed by atoms with Crippen LogP contribution in [0.5, 0.6) is 17.2 Å². The number of aromatic hydroxyl groups is 1. The van der Waals surface area contributed by atoms with Gasteiger partial charge in [-0.15, -0.1) is 14.5 Å². The van der Waals surface area contributed by atoms with E-state index >= 15 is 0 Å². The van der Waals surface area contributed by atoms with E-state index < -0.39 is 183 Å². The van der Waals surface area contributed by atoms with Gasteiger partial charge in [0, 0.05) is 74.7 Å². The Kier molecular flexibility index (Phi) is 27.9. The Labute approximate surface area is 604 Å². The number of aromatic nitrogens is 2. The first-order chi connectivity index (χ1) is 47.7. The van der Waals surface area contributed by atoms with Crippen molar-refractivity contribution < 1.29 is 141 Å². The van der Waals surface area contributed by atoms with E-state index in [1.807, 2.05) is 48.5 Å². The van der Waals surface area contributed by atoms with Gasteiger partial charge in [0.2, 0.25) is 53.1 Å². The molecule has 14 unspecified atom stereocenters. The topological polar surface area (TPSA) is 502 Å². The predicted molar refractivity (Wildman–Crippen MR) is 346 cm³/mol. The molecule has 0 aliphatic carbocycles. The Balaban J connectivity index is 0.0000130. The SMILES string of the molecule is CC(O)C1NC(=O)C(NC(=O)c2ccc(-c3nnc(-c4ccc(-c5ccc(OCCCN6C[C@@H](C)O[C@@H](C)C6)cc5)cc4)o3)cc2)CC(O)CNC(=O)C2C(O)C(C)CN2C(=O)C(C(O)CC(N)=O)NC(=O)C(C(O)C(O)c2ccc(O)c(OSOO[O-])c2)NC(=O)C2CC(O)CN2C1=O.[Na+]. The van der Waals surface area contributed by atoms with E-state index in [1.54, 1.807) is 0 Å². The van der Waals surface area contributed by atoms with Crippen LogP contribution in [0.25, 0.3) is 34.0 Å². The molecule has 5 aromatic rings. The molecule has 0 radical (unpaired) electrons. The molecular formula is C65H80N11NaO23S. The number of aliphatic hydroxyl groups is 7. The van der Waals surface area contributed by atoms with Crippen LogP contribution in [0.3, 0.4) is 0 Å². The molecule has 540 valence electrons. The number of morpholine rings is 1. The number of aliphatic hydroxyl groups excluding tert-OH is 7. The minimum atomic E-state index is -2.55. The summed E-state index contributed by atoms with van der Waals surface area (Å²) >= 11 is -0.0895. The van der Waals surface area contributed by atoms with Gasteiger partial charge in [-0.3, -0.25) is 48.3 Å². The summed E-state index contributed by atoms with van der Waals surface area (Å²) < 4.78 is 27.0. The Morgan fingerprint density at radius 3 is 1.95 bits per heavy atom. The number of hydrogen-bond acceptors (Lipinski definition) is 27. The van der Waals surface area contributed by atoms with E-state index in [2.05, 4.69) is 64.9 Å². The molecule has 101 heavy (non-hydrogen) atoms. The molecule has 4 saturated heterocycles. The Hall–Kier alpha value is -7.95. The molecule has 16 atom stereocenters. The maximum Gasteiger partial charge on any atom is 1.00 e. The van der Waals surface area contributed by atoms with Gasteiger partial charge in [0.15, 0.2) is 11.5 Å². The van der Waals surface area contributed by atoms with E-state index in [1.165, 1.54) is 31.2 Å². The van der Waals surface area contributed by atoms with Crippen LogP contribution in [-0.2, 0) is 47.7 Å². The first-order valence-corrected chi connectivity index (χ1v) is 32.8. The van der Waals surface area contributed by atoms with Crippen molar-refractivity contribution in [1.82, 2.24) is 51.5 Å². The van der Waals surface area contributed by atoms with E-state index in [4.69, 9.17) is 23.8 Å². The molecule has 9 rings (SSSR count). The minimum Gasteiger partial charge on any atom is -0.691 e. The van der Waals surface area contributed by atoms with Gasteiger partial charge in [0.25, 0.3) is 18.2 Å². The molecule has 0 saturated carbocycles. The Bertz CT molecular complexity index is 3690. The second kappa shape index (κ2) is 35.8. The summed E-state index contributed by atoms with van der Waals surface area (Å²) in [5.74, 6) is -11.1. The molecule has 4 aliphatic rings. The number of phenolic OH excluding ortho intramolecular Hbond substituents is 1. The molecular weight excluding hydrogens is 1360 g/mol. The fraction of sp³-hybridized carbons (Fsp3) is 0.477. The van der Waals surface area contributed by atoms with Crippen LogP contribution in [0.1, 0.15) is 75.4 Å². The maximum atomic E-state index is 14.7. The third-order valence-electron chi connectivity index (χ3n) is 17.5. The molecule has 36 heteroatoms. The Morgan fingerprint density at radius 2 is 1.33 bits per heavy atom.